The van der Waals surface area contributed by atoms with Crippen molar-refractivity contribution in [3.63, 3.8) is 0 Å². The largest absolute Gasteiger partial charge is 0.497 e. The molecule has 7 heteroatoms. The van der Waals surface area contributed by atoms with E-state index in [0.717, 1.165) is 30.0 Å². The predicted molar refractivity (Wildman–Crippen MR) is 98.7 cm³/mol. The first kappa shape index (κ1) is 17.5. The molecule has 1 fully saturated rings. The summed E-state index contributed by atoms with van der Waals surface area (Å²) < 4.78 is 7.17. The highest BCUT2D eigenvalue weighted by Gasteiger charge is 2.27. The molecule has 0 aliphatic heterocycles. The van der Waals surface area contributed by atoms with Gasteiger partial charge in [-0.05, 0) is 44.0 Å². The van der Waals surface area contributed by atoms with Crippen LogP contribution in [0.3, 0.4) is 0 Å². The van der Waals surface area contributed by atoms with Crippen molar-refractivity contribution >= 4 is 17.7 Å². The summed E-state index contributed by atoms with van der Waals surface area (Å²) in [6, 6.07) is 8.03. The van der Waals surface area contributed by atoms with Crippen LogP contribution in [0, 0.1) is 0 Å². The van der Waals surface area contributed by atoms with E-state index in [-0.39, 0.29) is 11.2 Å². The van der Waals surface area contributed by atoms with Crippen LogP contribution in [0.2, 0.25) is 0 Å². The van der Waals surface area contributed by atoms with Gasteiger partial charge in [0.25, 0.3) is 0 Å². The van der Waals surface area contributed by atoms with Crippen molar-refractivity contribution in [3.05, 3.63) is 36.9 Å². The summed E-state index contributed by atoms with van der Waals surface area (Å²) in [5.74, 6) is 1.59. The van der Waals surface area contributed by atoms with Crippen LogP contribution in [0.5, 0.6) is 5.75 Å². The van der Waals surface area contributed by atoms with E-state index in [0.29, 0.717) is 17.7 Å². The Morgan fingerprint density at radius 1 is 1.44 bits per heavy atom. The summed E-state index contributed by atoms with van der Waals surface area (Å²) in [6.45, 7) is 6.28. The normalized spacial score (nSPS) is 14.8. The average molecular weight is 358 g/mol. The molecule has 1 amide bonds. The molecule has 6 nitrogen and oxygen atoms in total. The van der Waals surface area contributed by atoms with E-state index in [9.17, 15) is 4.79 Å². The monoisotopic (exact) mass is 358 g/mol. The summed E-state index contributed by atoms with van der Waals surface area (Å²) in [6.07, 6.45) is 3.96. The lowest BCUT2D eigenvalue weighted by Gasteiger charge is -2.12. The van der Waals surface area contributed by atoms with Crippen LogP contribution in [-0.4, -0.2) is 39.1 Å². The number of nitrogens with one attached hydrogen (secondary N) is 1. The third kappa shape index (κ3) is 4.22. The van der Waals surface area contributed by atoms with Gasteiger partial charge >= 0.3 is 0 Å². The van der Waals surface area contributed by atoms with Crippen LogP contribution in [0.4, 0.5) is 0 Å². The lowest BCUT2D eigenvalue weighted by atomic mass is 10.2. The number of allylic oxidation sites excluding steroid dienone is 1. The number of carbonyl (C=O) groups is 1. The predicted octanol–water partition coefficient (Wildman–Crippen LogP) is 2.90. The molecule has 0 spiro atoms. The maximum atomic E-state index is 12.2. The van der Waals surface area contributed by atoms with Gasteiger partial charge in [0, 0.05) is 18.2 Å². The second-order valence-corrected chi connectivity index (χ2v) is 7.28. The number of thioether (sulfide) groups is 1. The van der Waals surface area contributed by atoms with E-state index in [1.165, 1.54) is 11.8 Å². The molecule has 0 radical (unpaired) electrons. The quantitative estimate of drug-likeness (QED) is 0.580. The molecule has 1 atom stereocenters. The molecule has 1 N–H and O–H groups in total. The molecule has 2 aromatic rings. The van der Waals surface area contributed by atoms with Gasteiger partial charge < -0.3 is 10.1 Å². The zero-order valence-corrected chi connectivity index (χ0v) is 15.3. The fraction of sp³-hybridized carbons (Fsp3) is 0.389. The Morgan fingerprint density at radius 2 is 2.16 bits per heavy atom. The van der Waals surface area contributed by atoms with Crippen molar-refractivity contribution in [2.45, 2.75) is 42.8 Å². The molecule has 1 aromatic carbocycles. The van der Waals surface area contributed by atoms with E-state index in [2.05, 4.69) is 22.1 Å². The lowest BCUT2D eigenvalue weighted by Crippen LogP contribution is -2.32. The van der Waals surface area contributed by atoms with Crippen LogP contribution in [0.25, 0.3) is 11.4 Å². The molecule has 3 rings (SSSR count). The van der Waals surface area contributed by atoms with Gasteiger partial charge in [0.2, 0.25) is 5.91 Å². The van der Waals surface area contributed by atoms with Gasteiger partial charge in [-0.15, -0.1) is 16.8 Å². The van der Waals surface area contributed by atoms with Gasteiger partial charge in [0.15, 0.2) is 11.0 Å². The molecule has 0 saturated heterocycles. The van der Waals surface area contributed by atoms with Crippen molar-refractivity contribution < 1.29 is 9.53 Å². The highest BCUT2D eigenvalue weighted by molar-refractivity contribution is 8.00. The minimum Gasteiger partial charge on any atom is -0.497 e. The Morgan fingerprint density at radius 3 is 2.76 bits per heavy atom. The molecular formula is C18H22N4O2S. The Bertz CT molecular complexity index is 753. The molecule has 1 unspecified atom stereocenters. The molecular weight excluding hydrogens is 336 g/mol. The molecule has 132 valence electrons. The Hall–Kier alpha value is -2.28. The molecule has 1 saturated carbocycles. The summed E-state index contributed by atoms with van der Waals surface area (Å²) in [7, 11) is 1.64. The van der Waals surface area contributed by atoms with Gasteiger partial charge in [0.1, 0.15) is 5.75 Å². The second-order valence-electron chi connectivity index (χ2n) is 5.98. The van der Waals surface area contributed by atoms with E-state index < -0.39 is 0 Å². The van der Waals surface area contributed by atoms with Crippen LogP contribution in [-0.2, 0) is 11.3 Å². The maximum Gasteiger partial charge on any atom is 0.233 e. The SMILES string of the molecule is C=CCn1c(SC(C)C(=O)NC2CC2)nnc1-c1ccc(OC)cc1. The minimum atomic E-state index is -0.225. The average Bonchev–Trinajstić information content (AvgIpc) is 3.36. The summed E-state index contributed by atoms with van der Waals surface area (Å²) in [4.78, 5) is 12.2. The van der Waals surface area contributed by atoms with E-state index >= 15 is 0 Å². The number of methoxy groups -OCH3 is 1. The highest BCUT2D eigenvalue weighted by atomic mass is 32.2. The Balaban J connectivity index is 1.80. The van der Waals surface area contributed by atoms with Gasteiger partial charge in [-0.3, -0.25) is 9.36 Å². The number of hydrogen-bond donors (Lipinski definition) is 1. The maximum absolute atomic E-state index is 12.2. The lowest BCUT2D eigenvalue weighted by molar-refractivity contribution is -0.120. The molecule has 1 aromatic heterocycles. The summed E-state index contributed by atoms with van der Waals surface area (Å²) >= 11 is 1.42. The van der Waals surface area contributed by atoms with Crippen LogP contribution in [0.1, 0.15) is 19.8 Å². The van der Waals surface area contributed by atoms with E-state index in [4.69, 9.17) is 4.74 Å². The van der Waals surface area contributed by atoms with Gasteiger partial charge in [-0.2, -0.15) is 0 Å². The van der Waals surface area contributed by atoms with E-state index in [1.54, 1.807) is 13.2 Å². The number of hydrogen-bond acceptors (Lipinski definition) is 5. The van der Waals surface area contributed by atoms with Gasteiger partial charge in [0.05, 0.1) is 12.4 Å². The fourth-order valence-electron chi connectivity index (χ4n) is 2.38. The smallest absolute Gasteiger partial charge is 0.233 e. The highest BCUT2D eigenvalue weighted by Crippen LogP contribution is 2.28. The number of amides is 1. The van der Waals surface area contributed by atoms with Crippen LogP contribution in [0.15, 0.2) is 42.1 Å². The van der Waals surface area contributed by atoms with Crippen molar-refractivity contribution in [2.24, 2.45) is 0 Å². The third-order valence-electron chi connectivity index (χ3n) is 3.95. The molecule has 25 heavy (non-hydrogen) atoms. The van der Waals surface area contributed by atoms with Gasteiger partial charge in [-0.25, -0.2) is 0 Å². The molecule has 1 aliphatic rings. The third-order valence-corrected chi connectivity index (χ3v) is 5.03. The van der Waals surface area contributed by atoms with Crippen molar-refractivity contribution in [1.29, 1.82) is 0 Å². The van der Waals surface area contributed by atoms with Crippen molar-refractivity contribution in [1.82, 2.24) is 20.1 Å². The zero-order chi connectivity index (χ0) is 17.8. The van der Waals surface area contributed by atoms with Crippen molar-refractivity contribution in [2.75, 3.05) is 7.11 Å². The number of aromatic nitrogens is 3. The van der Waals surface area contributed by atoms with Crippen LogP contribution >= 0.6 is 11.8 Å². The summed E-state index contributed by atoms with van der Waals surface area (Å²) in [5.41, 5.74) is 0.942. The standard InChI is InChI=1S/C18H22N4O2S/c1-4-11-22-16(13-5-9-15(24-3)10-6-13)20-21-18(22)25-12(2)17(23)19-14-7-8-14/h4-6,9-10,12,14H,1,7-8,11H2,2-3H3,(H,19,23). The number of benzene rings is 1. The Kier molecular flexibility index (Phi) is 5.43. The Labute approximate surface area is 151 Å². The summed E-state index contributed by atoms with van der Waals surface area (Å²) in [5, 5.41) is 12.1. The first-order valence-corrected chi connectivity index (χ1v) is 9.16. The number of rotatable bonds is 8. The minimum absolute atomic E-state index is 0.0478. The van der Waals surface area contributed by atoms with Crippen molar-refractivity contribution in [3.8, 4) is 17.1 Å². The molecule has 1 aliphatic carbocycles. The van der Waals surface area contributed by atoms with E-state index in [1.807, 2.05) is 35.8 Å². The van der Waals surface area contributed by atoms with Gasteiger partial charge in [-0.1, -0.05) is 17.8 Å². The molecule has 0 bridgehead atoms. The second kappa shape index (κ2) is 7.74. The number of carbonyl (C=O) groups excluding carboxylic acids is 1. The fourth-order valence-corrected chi connectivity index (χ4v) is 3.25. The van der Waals surface area contributed by atoms with Crippen LogP contribution < -0.4 is 10.1 Å². The number of nitrogens with zero attached hydrogens (tertiary/aromatic N) is 3. The topological polar surface area (TPSA) is 69.0 Å². The molecule has 1 heterocycles. The first-order valence-electron chi connectivity index (χ1n) is 8.28. The zero-order valence-electron chi connectivity index (χ0n) is 14.4. The first-order chi connectivity index (χ1) is 12.1. The number of ether oxygens (including phenoxy) is 1.